The predicted molar refractivity (Wildman–Crippen MR) is 177 cm³/mol. The zero-order valence-corrected chi connectivity index (χ0v) is 29.6. The van der Waals surface area contributed by atoms with Gasteiger partial charge in [-0.25, -0.2) is 9.59 Å². The van der Waals surface area contributed by atoms with Crippen LogP contribution >= 0.6 is 11.6 Å². The molecule has 4 rings (SSSR count). The number of amides is 3. The Morgan fingerprint density at radius 1 is 1.25 bits per heavy atom. The lowest BCUT2D eigenvalue weighted by Gasteiger charge is -2.42. The van der Waals surface area contributed by atoms with Crippen LogP contribution in [0.4, 0.5) is 10.5 Å². The smallest absolute Gasteiger partial charge is 0.409 e. The molecule has 2 N–H and O–H groups in total. The molecular weight excluding hydrogens is 646 g/mol. The maximum Gasteiger partial charge on any atom is 0.409 e. The summed E-state index contributed by atoms with van der Waals surface area (Å²) < 4.78 is 28.9. The Labute approximate surface area is 286 Å². The molecule has 3 aliphatic rings. The largest absolute Gasteiger partial charge is 0.495 e. The lowest BCUT2D eigenvalue weighted by atomic mass is 9.83. The van der Waals surface area contributed by atoms with Gasteiger partial charge in [-0.1, -0.05) is 42.3 Å². The van der Waals surface area contributed by atoms with Gasteiger partial charge in [0.05, 0.1) is 25.3 Å². The number of likely N-dealkylation sites (N-methyl/N-ethyl adjacent to an activating group) is 1. The highest BCUT2D eigenvalue weighted by molar-refractivity contribution is 6.35. The van der Waals surface area contributed by atoms with E-state index >= 15 is 0 Å². The molecule has 0 aliphatic carbocycles. The lowest BCUT2D eigenvalue weighted by Crippen LogP contribution is -2.63. The molecule has 0 unspecified atom stereocenters. The molecule has 14 heteroatoms. The minimum atomic E-state index is -1.81. The van der Waals surface area contributed by atoms with Gasteiger partial charge >= 0.3 is 12.1 Å². The van der Waals surface area contributed by atoms with E-state index in [1.54, 1.807) is 45.2 Å². The average molecular weight is 692 g/mol. The Hall–Kier alpha value is -3.65. The summed E-state index contributed by atoms with van der Waals surface area (Å²) >= 11 is 6.71. The van der Waals surface area contributed by atoms with Crippen molar-refractivity contribution < 1.29 is 48.0 Å². The van der Waals surface area contributed by atoms with Gasteiger partial charge < -0.3 is 38.6 Å². The topological polar surface area (TPSA) is 156 Å². The first-order valence-corrected chi connectivity index (χ1v) is 16.2. The van der Waals surface area contributed by atoms with Gasteiger partial charge in [-0.05, 0) is 44.9 Å². The van der Waals surface area contributed by atoms with E-state index in [0.29, 0.717) is 17.9 Å². The van der Waals surface area contributed by atoms with Crippen LogP contribution in [0.2, 0.25) is 5.02 Å². The van der Waals surface area contributed by atoms with E-state index in [2.05, 4.69) is 5.32 Å². The van der Waals surface area contributed by atoms with E-state index in [9.17, 15) is 24.3 Å². The zero-order chi connectivity index (χ0) is 35.7. The average Bonchev–Trinajstić information content (AvgIpc) is 3.73. The molecule has 13 nitrogen and oxygen atoms in total. The van der Waals surface area contributed by atoms with Crippen molar-refractivity contribution in [1.82, 2.24) is 10.2 Å². The van der Waals surface area contributed by atoms with Gasteiger partial charge in [0.15, 0.2) is 5.72 Å². The number of alkyl carbamates (subject to hydrolysis) is 1. The van der Waals surface area contributed by atoms with Gasteiger partial charge in [0.25, 0.3) is 0 Å². The number of esters is 1. The van der Waals surface area contributed by atoms with E-state index in [1.165, 1.54) is 44.9 Å². The summed E-state index contributed by atoms with van der Waals surface area (Å²) in [6.45, 7) is 8.29. The van der Waals surface area contributed by atoms with Crippen LogP contribution in [0.1, 0.15) is 53.0 Å². The third-order valence-corrected chi connectivity index (χ3v) is 10.0. The molecule has 0 aromatic heterocycles. The molecule has 8 atom stereocenters. The molecule has 2 saturated heterocycles. The number of benzene rings is 1. The lowest BCUT2D eigenvalue weighted by molar-refractivity contribution is -0.161. The fourth-order valence-corrected chi connectivity index (χ4v) is 6.59. The van der Waals surface area contributed by atoms with Crippen molar-refractivity contribution in [2.45, 2.75) is 95.7 Å². The number of fused-ring (bicyclic) bond motifs is 5. The summed E-state index contributed by atoms with van der Waals surface area (Å²) in [6, 6.07) is 2.63. The highest BCUT2D eigenvalue weighted by Crippen LogP contribution is 2.49. The SMILES string of the molecule is COc1cc2cc(c1Cl)N(C)C(=O)C[C@H](OC(=O)[C@@H](C)N(C)C(C)=O)[C@@]1(C)O[C@@H]1[C@H](C)[C@@H]1C[C@](O)(NC(=O)O1)[C@H](OC)/C=C/C=C(\C)C2. The van der Waals surface area contributed by atoms with Crippen LogP contribution in [0, 0.1) is 5.92 Å². The number of ether oxygens (including phenoxy) is 5. The van der Waals surface area contributed by atoms with Crippen molar-refractivity contribution in [3.63, 3.8) is 0 Å². The minimum absolute atomic E-state index is 0.0436. The van der Waals surface area contributed by atoms with E-state index < -0.39 is 65.7 Å². The fourth-order valence-electron chi connectivity index (χ4n) is 6.27. The monoisotopic (exact) mass is 691 g/mol. The number of epoxide rings is 1. The van der Waals surface area contributed by atoms with Crippen LogP contribution in [0.25, 0.3) is 0 Å². The summed E-state index contributed by atoms with van der Waals surface area (Å²) in [5, 5.41) is 14.4. The van der Waals surface area contributed by atoms with Crippen LogP contribution in [0.3, 0.4) is 0 Å². The number of hydrogen-bond acceptors (Lipinski definition) is 10. The molecule has 3 amide bonds. The Morgan fingerprint density at radius 2 is 1.94 bits per heavy atom. The van der Waals surface area contributed by atoms with E-state index in [0.717, 1.165) is 11.1 Å². The maximum absolute atomic E-state index is 14.0. The number of nitrogens with one attached hydrogen (secondary N) is 1. The van der Waals surface area contributed by atoms with Crippen molar-refractivity contribution in [2.24, 2.45) is 5.92 Å². The number of anilines is 1. The maximum atomic E-state index is 14.0. The van der Waals surface area contributed by atoms with Gasteiger partial charge in [0.2, 0.25) is 11.8 Å². The molecule has 48 heavy (non-hydrogen) atoms. The standard InChI is InChI=1S/C34H46ClN3O10/c1-18-11-10-12-26(45-9)34(43)17-25(46-32(42)36-34)19(2)30-33(5,48-30)27(47-31(41)20(3)37(6)21(4)39)16-28(40)38(7)23-14-22(13-18)15-24(44-8)29(23)35/h10-12,14-15,19-20,25-27,30,43H,13,16-17H2,1-9H3,(H,36,42)/b12-10+,18-11+/t19-,20-,25+,26-,27+,30-,33-,34-/m1/s1. The van der Waals surface area contributed by atoms with Crippen molar-refractivity contribution >= 4 is 41.2 Å². The van der Waals surface area contributed by atoms with Gasteiger partial charge in [-0.2, -0.15) is 0 Å². The molecule has 1 aromatic rings. The third-order valence-electron chi connectivity index (χ3n) is 9.63. The number of aliphatic hydroxyl groups is 1. The first-order valence-electron chi connectivity index (χ1n) is 15.8. The van der Waals surface area contributed by atoms with Crippen LogP contribution in [-0.2, 0) is 39.8 Å². The van der Waals surface area contributed by atoms with Gasteiger partial charge in [-0.3, -0.25) is 14.9 Å². The Balaban J connectivity index is 1.80. The summed E-state index contributed by atoms with van der Waals surface area (Å²) in [6.07, 6.45) is 1.02. The van der Waals surface area contributed by atoms with Crippen LogP contribution in [0.5, 0.6) is 5.75 Å². The van der Waals surface area contributed by atoms with Gasteiger partial charge in [-0.15, -0.1) is 0 Å². The normalized spacial score (nSPS) is 33.2. The molecule has 0 saturated carbocycles. The first-order chi connectivity index (χ1) is 22.4. The molecule has 4 bridgehead atoms. The Morgan fingerprint density at radius 3 is 2.56 bits per heavy atom. The van der Waals surface area contributed by atoms with E-state index in [4.69, 9.17) is 35.3 Å². The number of rotatable bonds is 5. The van der Waals surface area contributed by atoms with E-state index in [-0.39, 0.29) is 23.8 Å². The first kappa shape index (κ1) is 37.2. The van der Waals surface area contributed by atoms with Crippen LogP contribution < -0.4 is 15.0 Å². The minimum Gasteiger partial charge on any atom is -0.495 e. The highest BCUT2D eigenvalue weighted by atomic mass is 35.5. The summed E-state index contributed by atoms with van der Waals surface area (Å²) in [4.78, 5) is 54.7. The van der Waals surface area contributed by atoms with E-state index in [1.807, 2.05) is 13.0 Å². The summed E-state index contributed by atoms with van der Waals surface area (Å²) in [7, 11) is 5.97. The predicted octanol–water partition coefficient (Wildman–Crippen LogP) is 3.53. The van der Waals surface area contributed by atoms with Crippen LogP contribution in [-0.4, -0.2) is 104 Å². The Bertz CT molecular complexity index is 1500. The Kier molecular flexibility index (Phi) is 11.2. The van der Waals surface area contributed by atoms with Crippen molar-refractivity contribution in [3.8, 4) is 5.75 Å². The fraction of sp³-hybridized carbons (Fsp3) is 0.588. The second-order valence-corrected chi connectivity index (χ2v) is 13.4. The molecule has 0 spiro atoms. The zero-order valence-electron chi connectivity index (χ0n) is 28.9. The second kappa shape index (κ2) is 14.5. The van der Waals surface area contributed by atoms with Crippen molar-refractivity contribution in [1.29, 1.82) is 0 Å². The number of carbonyl (C=O) groups excluding carboxylic acids is 4. The number of nitrogens with zero attached hydrogens (tertiary/aromatic N) is 2. The highest BCUT2D eigenvalue weighted by Gasteiger charge is 2.64. The number of carbonyl (C=O) groups is 4. The van der Waals surface area contributed by atoms with Gasteiger partial charge in [0.1, 0.15) is 40.7 Å². The molecule has 3 heterocycles. The molecule has 2 fully saturated rings. The molecule has 264 valence electrons. The molecule has 3 aliphatic heterocycles. The second-order valence-electron chi connectivity index (χ2n) is 13.0. The quantitative estimate of drug-likeness (QED) is 0.346. The number of methoxy groups -OCH3 is 2. The van der Waals surface area contributed by atoms with Crippen molar-refractivity contribution in [2.75, 3.05) is 33.2 Å². The molecular formula is C34H46ClN3O10. The summed E-state index contributed by atoms with van der Waals surface area (Å²) in [5.74, 6) is -1.63. The number of halogens is 1. The number of hydrogen-bond donors (Lipinski definition) is 2. The van der Waals surface area contributed by atoms with Crippen LogP contribution in [0.15, 0.2) is 35.9 Å². The summed E-state index contributed by atoms with van der Waals surface area (Å²) in [5.41, 5.74) is -0.871. The molecule has 1 aromatic carbocycles. The number of allylic oxidation sites excluding steroid dienone is 3. The van der Waals surface area contributed by atoms with Gasteiger partial charge in [0, 0.05) is 40.5 Å². The molecule has 0 radical (unpaired) electrons. The third kappa shape index (κ3) is 7.64. The van der Waals surface area contributed by atoms with Crippen molar-refractivity contribution in [3.05, 3.63) is 46.5 Å².